The molecule has 2 fully saturated rings. The number of hydrogen-bond donors (Lipinski definition) is 2. The summed E-state index contributed by atoms with van der Waals surface area (Å²) >= 11 is 0. The highest BCUT2D eigenvalue weighted by Crippen LogP contribution is 2.20. The predicted molar refractivity (Wildman–Crippen MR) is 64.6 cm³/mol. The van der Waals surface area contributed by atoms with Gasteiger partial charge in [0, 0.05) is 13.5 Å². The van der Waals surface area contributed by atoms with Crippen LogP contribution in [0.25, 0.3) is 0 Å². The monoisotopic (exact) mass is 253 g/mol. The van der Waals surface area contributed by atoms with Crippen LogP contribution in [0.3, 0.4) is 0 Å². The Morgan fingerprint density at radius 3 is 2.83 bits per heavy atom. The van der Waals surface area contributed by atoms with E-state index in [4.69, 9.17) is 0 Å². The number of piperidine rings is 1. The van der Waals surface area contributed by atoms with E-state index in [1.165, 1.54) is 7.05 Å². The van der Waals surface area contributed by atoms with Crippen molar-refractivity contribution < 1.29 is 14.4 Å². The first-order chi connectivity index (χ1) is 8.44. The molecule has 0 aliphatic carbocycles. The molecule has 6 heteroatoms. The van der Waals surface area contributed by atoms with E-state index >= 15 is 0 Å². The largest absolute Gasteiger partial charge is 0.343 e. The number of hydrogen-bond acceptors (Lipinski definition) is 4. The first-order valence-electron chi connectivity index (χ1n) is 6.30. The summed E-state index contributed by atoms with van der Waals surface area (Å²) in [6.07, 6.45) is 2.43. The lowest BCUT2D eigenvalue weighted by Crippen LogP contribution is -2.59. The number of likely N-dealkylation sites (N-methyl/N-ethyl adjacent to an activating group) is 1. The van der Waals surface area contributed by atoms with Crippen LogP contribution in [-0.2, 0) is 14.4 Å². The minimum absolute atomic E-state index is 0.152. The quantitative estimate of drug-likeness (QED) is 0.644. The van der Waals surface area contributed by atoms with E-state index in [1.54, 1.807) is 0 Å². The van der Waals surface area contributed by atoms with Crippen LogP contribution in [0.4, 0.5) is 0 Å². The topological polar surface area (TPSA) is 78.5 Å². The van der Waals surface area contributed by atoms with Gasteiger partial charge >= 0.3 is 0 Å². The van der Waals surface area contributed by atoms with Gasteiger partial charge < -0.3 is 10.6 Å². The maximum absolute atomic E-state index is 12.1. The molecule has 2 atom stereocenters. The molecule has 0 bridgehead atoms. The molecule has 2 N–H and O–H groups in total. The molecule has 3 amide bonds. The highest BCUT2D eigenvalue weighted by atomic mass is 16.2. The molecule has 2 heterocycles. The molecule has 100 valence electrons. The fourth-order valence-corrected chi connectivity index (χ4v) is 2.46. The molecule has 0 aromatic rings. The van der Waals surface area contributed by atoms with E-state index in [2.05, 4.69) is 10.6 Å². The number of amides is 3. The van der Waals surface area contributed by atoms with Gasteiger partial charge in [-0.2, -0.15) is 0 Å². The Kier molecular flexibility index (Phi) is 3.38. The third kappa shape index (κ3) is 2.25. The second-order valence-corrected chi connectivity index (χ2v) is 5.22. The minimum Gasteiger partial charge on any atom is -0.343 e. The summed E-state index contributed by atoms with van der Waals surface area (Å²) in [7, 11) is 1.46. The van der Waals surface area contributed by atoms with Crippen molar-refractivity contribution >= 4 is 17.7 Å². The zero-order chi connectivity index (χ0) is 13.3. The van der Waals surface area contributed by atoms with Gasteiger partial charge in [-0.05, 0) is 32.7 Å². The molecule has 2 saturated heterocycles. The number of nitrogens with one attached hydrogen (secondary N) is 2. The van der Waals surface area contributed by atoms with E-state index in [1.807, 2.05) is 6.92 Å². The van der Waals surface area contributed by atoms with Crippen LogP contribution in [0.5, 0.6) is 0 Å². The zero-order valence-electron chi connectivity index (χ0n) is 10.8. The molecular formula is C12H19N3O3. The fourth-order valence-electron chi connectivity index (χ4n) is 2.46. The van der Waals surface area contributed by atoms with Crippen LogP contribution < -0.4 is 10.6 Å². The minimum atomic E-state index is -0.583. The summed E-state index contributed by atoms with van der Waals surface area (Å²) in [6.45, 7) is 2.67. The van der Waals surface area contributed by atoms with Gasteiger partial charge in [-0.25, -0.2) is 0 Å². The van der Waals surface area contributed by atoms with Gasteiger partial charge in [0.25, 0.3) is 5.91 Å². The average molecular weight is 253 g/mol. The van der Waals surface area contributed by atoms with Crippen molar-refractivity contribution in [2.24, 2.45) is 0 Å². The number of imide groups is 1. The summed E-state index contributed by atoms with van der Waals surface area (Å²) in [5, 5.41) is 5.91. The second-order valence-electron chi connectivity index (χ2n) is 5.22. The number of rotatable bonds is 2. The third-order valence-electron chi connectivity index (χ3n) is 3.82. The summed E-state index contributed by atoms with van der Waals surface area (Å²) in [5.74, 6) is -0.655. The molecule has 0 aromatic heterocycles. The van der Waals surface area contributed by atoms with Gasteiger partial charge in [-0.1, -0.05) is 0 Å². The molecule has 0 saturated carbocycles. The lowest BCUT2D eigenvalue weighted by atomic mass is 9.97. The lowest BCUT2D eigenvalue weighted by molar-refractivity contribution is -0.149. The molecule has 18 heavy (non-hydrogen) atoms. The van der Waals surface area contributed by atoms with Crippen molar-refractivity contribution in [2.45, 2.75) is 44.2 Å². The molecule has 2 aliphatic heterocycles. The lowest BCUT2D eigenvalue weighted by Gasteiger charge is -2.31. The number of carbonyl (C=O) groups is 3. The first kappa shape index (κ1) is 13.0. The smallest absolute Gasteiger partial charge is 0.251 e. The van der Waals surface area contributed by atoms with Crippen molar-refractivity contribution in [1.29, 1.82) is 0 Å². The Balaban J connectivity index is 1.99. The standard InChI is InChI=1S/C12H19N3O3/c1-12(6-3-7-13-12)11(18)14-8-4-5-9(16)15(2)10(8)17/h8,13H,3-7H2,1-2H3,(H,14,18). The van der Waals surface area contributed by atoms with Gasteiger partial charge in [0.05, 0.1) is 5.54 Å². The summed E-state index contributed by atoms with van der Waals surface area (Å²) in [4.78, 5) is 36.4. The van der Waals surface area contributed by atoms with Gasteiger partial charge in [0.2, 0.25) is 11.8 Å². The Morgan fingerprint density at radius 2 is 2.22 bits per heavy atom. The maximum atomic E-state index is 12.1. The van der Waals surface area contributed by atoms with E-state index in [-0.39, 0.29) is 17.7 Å². The Labute approximate surface area is 106 Å². The Hall–Kier alpha value is -1.43. The van der Waals surface area contributed by atoms with Crippen LogP contribution in [0.15, 0.2) is 0 Å². The molecule has 2 aliphatic rings. The Morgan fingerprint density at radius 1 is 1.50 bits per heavy atom. The molecule has 6 nitrogen and oxygen atoms in total. The van der Waals surface area contributed by atoms with E-state index < -0.39 is 11.6 Å². The van der Waals surface area contributed by atoms with Gasteiger partial charge in [0.15, 0.2) is 0 Å². The van der Waals surface area contributed by atoms with Crippen molar-refractivity contribution in [3.05, 3.63) is 0 Å². The summed E-state index contributed by atoms with van der Waals surface area (Å²) in [6, 6.07) is -0.570. The van der Waals surface area contributed by atoms with Crippen LogP contribution in [-0.4, -0.2) is 47.8 Å². The molecule has 2 unspecified atom stereocenters. The molecule has 2 rings (SSSR count). The third-order valence-corrected chi connectivity index (χ3v) is 3.82. The van der Waals surface area contributed by atoms with Gasteiger partial charge in [-0.15, -0.1) is 0 Å². The first-order valence-corrected chi connectivity index (χ1v) is 6.30. The van der Waals surface area contributed by atoms with Crippen molar-refractivity contribution in [3.63, 3.8) is 0 Å². The van der Waals surface area contributed by atoms with Crippen LogP contribution in [0.2, 0.25) is 0 Å². The predicted octanol–water partition coefficient (Wildman–Crippen LogP) is -0.608. The number of likely N-dealkylation sites (tertiary alicyclic amines) is 1. The summed E-state index contributed by atoms with van der Waals surface area (Å²) < 4.78 is 0. The molecule has 0 spiro atoms. The maximum Gasteiger partial charge on any atom is 0.251 e. The van der Waals surface area contributed by atoms with Crippen molar-refractivity contribution in [3.8, 4) is 0 Å². The van der Waals surface area contributed by atoms with Crippen molar-refractivity contribution in [1.82, 2.24) is 15.5 Å². The van der Waals surface area contributed by atoms with Crippen LogP contribution in [0, 0.1) is 0 Å². The fraction of sp³-hybridized carbons (Fsp3) is 0.750. The van der Waals surface area contributed by atoms with Gasteiger partial charge in [0.1, 0.15) is 6.04 Å². The SMILES string of the molecule is CN1C(=O)CCC(NC(=O)C2(C)CCCN2)C1=O. The number of carbonyl (C=O) groups excluding carboxylic acids is 3. The van der Waals surface area contributed by atoms with E-state index in [0.29, 0.717) is 12.8 Å². The van der Waals surface area contributed by atoms with Crippen molar-refractivity contribution in [2.75, 3.05) is 13.6 Å². The summed E-state index contributed by atoms with van der Waals surface area (Å²) in [5.41, 5.74) is -0.583. The Bertz CT molecular complexity index is 388. The zero-order valence-corrected chi connectivity index (χ0v) is 10.8. The molecular weight excluding hydrogens is 234 g/mol. The highest BCUT2D eigenvalue weighted by molar-refractivity contribution is 6.02. The molecule has 0 radical (unpaired) electrons. The second kappa shape index (κ2) is 4.68. The van der Waals surface area contributed by atoms with E-state index in [9.17, 15) is 14.4 Å². The highest BCUT2D eigenvalue weighted by Gasteiger charge is 2.40. The average Bonchev–Trinajstić information content (AvgIpc) is 2.78. The van der Waals surface area contributed by atoms with E-state index in [0.717, 1.165) is 24.3 Å². The van der Waals surface area contributed by atoms with Crippen LogP contribution >= 0.6 is 0 Å². The van der Waals surface area contributed by atoms with Gasteiger partial charge in [-0.3, -0.25) is 19.3 Å². The number of nitrogens with zero attached hydrogens (tertiary/aromatic N) is 1. The van der Waals surface area contributed by atoms with Crippen LogP contribution in [0.1, 0.15) is 32.6 Å². The molecule has 0 aromatic carbocycles. The normalized spacial score (nSPS) is 32.8.